The normalized spacial score (nSPS) is 22.8. The SMILES string of the molecule is CN1CCCN(C)P1(=O)c1ccccc1. The van der Waals surface area contributed by atoms with E-state index < -0.39 is 7.44 Å². The van der Waals surface area contributed by atoms with Gasteiger partial charge in [-0.2, -0.15) is 0 Å². The van der Waals surface area contributed by atoms with Crippen LogP contribution in [0.15, 0.2) is 30.3 Å². The molecular weight excluding hydrogens is 207 g/mol. The number of rotatable bonds is 1. The molecule has 0 aromatic heterocycles. The summed E-state index contributed by atoms with van der Waals surface area (Å²) in [6.07, 6.45) is 1.09. The van der Waals surface area contributed by atoms with Crippen LogP contribution in [0, 0.1) is 0 Å². The minimum absolute atomic E-state index is 0.913. The zero-order chi connectivity index (χ0) is 10.9. The van der Waals surface area contributed by atoms with Crippen molar-refractivity contribution in [2.75, 3.05) is 27.2 Å². The fraction of sp³-hybridized carbons (Fsp3) is 0.455. The Labute approximate surface area is 91.2 Å². The highest BCUT2D eigenvalue weighted by Gasteiger charge is 2.36. The average Bonchev–Trinajstić information content (AvgIpc) is 2.27. The summed E-state index contributed by atoms with van der Waals surface area (Å²) in [4.78, 5) is 0. The molecule has 0 saturated carbocycles. The van der Waals surface area contributed by atoms with Gasteiger partial charge in [-0.1, -0.05) is 18.2 Å². The number of hydrogen-bond donors (Lipinski definition) is 0. The second-order valence-corrected chi connectivity index (χ2v) is 6.97. The summed E-state index contributed by atoms with van der Waals surface area (Å²) >= 11 is 0. The van der Waals surface area contributed by atoms with Gasteiger partial charge in [0.1, 0.15) is 0 Å². The van der Waals surface area contributed by atoms with Gasteiger partial charge in [-0.05, 0) is 32.6 Å². The highest BCUT2D eigenvalue weighted by molar-refractivity contribution is 7.67. The molecule has 1 saturated heterocycles. The summed E-state index contributed by atoms with van der Waals surface area (Å²) in [5.74, 6) is 0. The molecule has 0 aliphatic carbocycles. The third-order valence-corrected chi connectivity index (χ3v) is 6.20. The molecule has 15 heavy (non-hydrogen) atoms. The van der Waals surface area contributed by atoms with E-state index in [0.717, 1.165) is 24.8 Å². The van der Waals surface area contributed by atoms with Crippen molar-refractivity contribution in [3.63, 3.8) is 0 Å². The molecule has 0 N–H and O–H groups in total. The topological polar surface area (TPSA) is 23.6 Å². The molecule has 1 heterocycles. The van der Waals surface area contributed by atoms with Crippen LogP contribution in [-0.2, 0) is 4.57 Å². The molecule has 1 aliphatic rings. The summed E-state index contributed by atoms with van der Waals surface area (Å²) in [6, 6.07) is 9.77. The lowest BCUT2D eigenvalue weighted by Gasteiger charge is -2.39. The van der Waals surface area contributed by atoms with Crippen molar-refractivity contribution in [2.45, 2.75) is 6.42 Å². The summed E-state index contributed by atoms with van der Waals surface area (Å²) in [5.41, 5.74) is 0. The Morgan fingerprint density at radius 2 is 1.60 bits per heavy atom. The molecule has 3 nitrogen and oxygen atoms in total. The van der Waals surface area contributed by atoms with E-state index in [9.17, 15) is 4.57 Å². The first-order chi connectivity index (χ1) is 7.15. The standard InChI is InChI=1S/C11H17N2OP/c1-12-9-6-10-13(2)15(12,14)11-7-4-3-5-8-11/h3-5,7-8H,6,9-10H2,1-2H3. The second-order valence-electron chi connectivity index (χ2n) is 4.00. The maximum Gasteiger partial charge on any atom is 0.245 e. The van der Waals surface area contributed by atoms with Gasteiger partial charge >= 0.3 is 0 Å². The van der Waals surface area contributed by atoms with Gasteiger partial charge in [0.25, 0.3) is 0 Å². The van der Waals surface area contributed by atoms with Gasteiger partial charge in [-0.25, -0.2) is 9.34 Å². The van der Waals surface area contributed by atoms with Crippen LogP contribution in [0.2, 0.25) is 0 Å². The van der Waals surface area contributed by atoms with Crippen molar-refractivity contribution in [2.24, 2.45) is 0 Å². The predicted octanol–water partition coefficient (Wildman–Crippen LogP) is 1.77. The summed E-state index contributed by atoms with van der Waals surface area (Å²) < 4.78 is 16.9. The minimum atomic E-state index is -2.48. The Bertz CT molecular complexity index is 365. The minimum Gasteiger partial charge on any atom is -0.284 e. The smallest absolute Gasteiger partial charge is 0.245 e. The van der Waals surface area contributed by atoms with Crippen LogP contribution in [0.4, 0.5) is 0 Å². The van der Waals surface area contributed by atoms with E-state index in [-0.39, 0.29) is 0 Å². The molecule has 0 atom stereocenters. The van der Waals surface area contributed by atoms with E-state index >= 15 is 0 Å². The van der Waals surface area contributed by atoms with Crippen LogP contribution >= 0.6 is 7.44 Å². The molecule has 0 bridgehead atoms. The first-order valence-electron chi connectivity index (χ1n) is 5.24. The molecule has 0 spiro atoms. The molecule has 0 unspecified atom stereocenters. The molecule has 82 valence electrons. The number of nitrogens with zero attached hydrogens (tertiary/aromatic N) is 2. The fourth-order valence-corrected chi connectivity index (χ4v) is 4.77. The van der Waals surface area contributed by atoms with Gasteiger partial charge in [0.05, 0.1) is 0 Å². The van der Waals surface area contributed by atoms with Crippen molar-refractivity contribution in [3.05, 3.63) is 30.3 Å². The lowest BCUT2D eigenvalue weighted by molar-refractivity contribution is 0.340. The Kier molecular flexibility index (Phi) is 2.96. The van der Waals surface area contributed by atoms with Crippen molar-refractivity contribution in [1.29, 1.82) is 0 Å². The number of benzene rings is 1. The maximum atomic E-state index is 12.9. The lowest BCUT2D eigenvalue weighted by atomic mass is 10.4. The van der Waals surface area contributed by atoms with Crippen LogP contribution < -0.4 is 5.30 Å². The molecule has 1 aliphatic heterocycles. The Hall–Kier alpha value is -0.630. The van der Waals surface area contributed by atoms with Gasteiger partial charge in [-0.3, -0.25) is 4.57 Å². The van der Waals surface area contributed by atoms with E-state index in [1.54, 1.807) is 0 Å². The molecule has 2 rings (SSSR count). The van der Waals surface area contributed by atoms with Crippen molar-refractivity contribution in [1.82, 2.24) is 9.34 Å². The highest BCUT2D eigenvalue weighted by Crippen LogP contribution is 2.52. The maximum absolute atomic E-state index is 12.9. The summed E-state index contributed by atoms with van der Waals surface area (Å²) in [5, 5.41) is 0.940. The van der Waals surface area contributed by atoms with E-state index in [1.165, 1.54) is 0 Å². The van der Waals surface area contributed by atoms with Crippen molar-refractivity contribution in [3.8, 4) is 0 Å². The first kappa shape index (κ1) is 10.9. The van der Waals surface area contributed by atoms with Crippen molar-refractivity contribution < 1.29 is 4.57 Å². The van der Waals surface area contributed by atoms with Gasteiger partial charge < -0.3 is 0 Å². The highest BCUT2D eigenvalue weighted by atomic mass is 31.2. The van der Waals surface area contributed by atoms with Crippen LogP contribution in [0.3, 0.4) is 0 Å². The molecule has 4 heteroatoms. The molecule has 1 aromatic carbocycles. The van der Waals surface area contributed by atoms with Gasteiger partial charge in [0.15, 0.2) is 0 Å². The fourth-order valence-electron chi connectivity index (χ4n) is 2.08. The third-order valence-electron chi connectivity index (χ3n) is 2.98. The summed E-state index contributed by atoms with van der Waals surface area (Å²) in [7, 11) is 1.41. The van der Waals surface area contributed by atoms with E-state index in [2.05, 4.69) is 0 Å². The van der Waals surface area contributed by atoms with E-state index in [0.29, 0.717) is 0 Å². The van der Waals surface area contributed by atoms with E-state index in [1.807, 2.05) is 53.8 Å². The first-order valence-corrected chi connectivity index (χ1v) is 6.86. The van der Waals surface area contributed by atoms with Gasteiger partial charge in [-0.15, -0.1) is 0 Å². The quantitative estimate of drug-likeness (QED) is 0.679. The Balaban J connectivity index is 2.43. The van der Waals surface area contributed by atoms with Crippen molar-refractivity contribution >= 4 is 12.7 Å². The molecule has 0 radical (unpaired) electrons. The second kappa shape index (κ2) is 4.09. The monoisotopic (exact) mass is 224 g/mol. The van der Waals surface area contributed by atoms with Crippen LogP contribution in [0.1, 0.15) is 6.42 Å². The average molecular weight is 224 g/mol. The third kappa shape index (κ3) is 1.76. The van der Waals surface area contributed by atoms with Crippen LogP contribution in [0.25, 0.3) is 0 Å². The zero-order valence-corrected chi connectivity index (χ0v) is 10.2. The van der Waals surface area contributed by atoms with Gasteiger partial charge in [0, 0.05) is 18.4 Å². The Morgan fingerprint density at radius 1 is 1.07 bits per heavy atom. The predicted molar refractivity (Wildman–Crippen MR) is 63.6 cm³/mol. The molecule has 0 amide bonds. The zero-order valence-electron chi connectivity index (χ0n) is 9.26. The number of hydrogen-bond acceptors (Lipinski definition) is 1. The summed E-state index contributed by atoms with van der Waals surface area (Å²) in [6.45, 7) is 1.83. The molecule has 1 fully saturated rings. The van der Waals surface area contributed by atoms with E-state index in [4.69, 9.17) is 0 Å². The molecule has 1 aromatic rings. The molecular formula is C11H17N2OP. The van der Waals surface area contributed by atoms with Gasteiger partial charge in [0.2, 0.25) is 7.44 Å². The van der Waals surface area contributed by atoms with Crippen LogP contribution in [0.5, 0.6) is 0 Å². The van der Waals surface area contributed by atoms with Crippen LogP contribution in [-0.4, -0.2) is 36.5 Å². The Morgan fingerprint density at radius 3 is 2.13 bits per heavy atom. The largest absolute Gasteiger partial charge is 0.284 e. The lowest BCUT2D eigenvalue weighted by Crippen LogP contribution is -2.39.